The molecule has 0 saturated carbocycles. The summed E-state index contributed by atoms with van der Waals surface area (Å²) in [4.78, 5) is 0. The first-order valence-electron chi connectivity index (χ1n) is 5.33. The van der Waals surface area contributed by atoms with Crippen LogP contribution in [0, 0.1) is 0 Å². The zero-order valence-electron chi connectivity index (χ0n) is 9.43. The largest absolute Gasteiger partial charge is 0.393 e. The van der Waals surface area contributed by atoms with E-state index in [-0.39, 0.29) is 6.04 Å². The third kappa shape index (κ3) is 4.55. The van der Waals surface area contributed by atoms with Crippen LogP contribution < -0.4 is 5.32 Å². The van der Waals surface area contributed by atoms with Gasteiger partial charge in [-0.15, -0.1) is 0 Å². The van der Waals surface area contributed by atoms with Crippen molar-refractivity contribution in [1.82, 2.24) is 0 Å². The Kier molecular flexibility index (Phi) is 4.21. The molecule has 1 atom stereocenters. The lowest BCUT2D eigenvalue weighted by atomic mass is 10.1. The first-order valence-corrected chi connectivity index (χ1v) is 5.33. The van der Waals surface area contributed by atoms with Crippen LogP contribution in [0.15, 0.2) is 24.3 Å². The summed E-state index contributed by atoms with van der Waals surface area (Å²) in [6.07, 6.45) is -4.08. The Bertz CT molecular complexity index is 333. The van der Waals surface area contributed by atoms with Crippen molar-refractivity contribution in [2.24, 2.45) is 0 Å². The van der Waals surface area contributed by atoms with Crippen LogP contribution in [0.4, 0.5) is 18.9 Å². The molecule has 0 bridgehead atoms. The number of halogens is 3. The maximum absolute atomic E-state index is 12.2. The summed E-state index contributed by atoms with van der Waals surface area (Å²) in [5, 5.41) is 3.15. The van der Waals surface area contributed by atoms with Crippen LogP contribution >= 0.6 is 0 Å². The second-order valence-electron chi connectivity index (χ2n) is 3.95. The van der Waals surface area contributed by atoms with Gasteiger partial charge >= 0.3 is 6.18 Å². The minimum Gasteiger partial charge on any atom is -0.383 e. The van der Waals surface area contributed by atoms with Gasteiger partial charge in [0.15, 0.2) is 0 Å². The van der Waals surface area contributed by atoms with E-state index >= 15 is 0 Å². The van der Waals surface area contributed by atoms with Gasteiger partial charge in [0.1, 0.15) is 0 Å². The smallest absolute Gasteiger partial charge is 0.383 e. The summed E-state index contributed by atoms with van der Waals surface area (Å²) < 4.78 is 36.5. The standard InChI is InChI=1S/C12H16F3N/c1-3-9(2)16-11-6-4-5-10(7-11)8-12(13,14)15/h4-7,9,16H,3,8H2,1-2H3. The molecule has 0 amide bonds. The predicted molar refractivity (Wildman–Crippen MR) is 59.6 cm³/mol. The van der Waals surface area contributed by atoms with Gasteiger partial charge in [0.05, 0.1) is 6.42 Å². The molecule has 1 aromatic carbocycles. The van der Waals surface area contributed by atoms with E-state index in [0.29, 0.717) is 5.56 Å². The van der Waals surface area contributed by atoms with Gasteiger partial charge in [-0.25, -0.2) is 0 Å². The van der Waals surface area contributed by atoms with Gasteiger partial charge in [0.25, 0.3) is 0 Å². The molecule has 90 valence electrons. The second-order valence-corrected chi connectivity index (χ2v) is 3.95. The lowest BCUT2D eigenvalue weighted by Gasteiger charge is -2.14. The quantitative estimate of drug-likeness (QED) is 0.825. The Hall–Kier alpha value is -1.19. The molecule has 0 radical (unpaired) electrons. The Morgan fingerprint density at radius 1 is 1.31 bits per heavy atom. The lowest BCUT2D eigenvalue weighted by molar-refractivity contribution is -0.127. The number of alkyl halides is 3. The number of nitrogens with one attached hydrogen (secondary N) is 1. The molecule has 0 aromatic heterocycles. The van der Waals surface area contributed by atoms with Crippen LogP contribution in [0.25, 0.3) is 0 Å². The molecule has 0 aliphatic carbocycles. The number of hydrogen-bond donors (Lipinski definition) is 1. The predicted octanol–water partition coefficient (Wildman–Crippen LogP) is 4.00. The van der Waals surface area contributed by atoms with Crippen molar-refractivity contribution in [1.29, 1.82) is 0 Å². The molecular weight excluding hydrogens is 215 g/mol. The Labute approximate surface area is 93.7 Å². The van der Waals surface area contributed by atoms with Gasteiger partial charge in [-0.2, -0.15) is 13.2 Å². The van der Waals surface area contributed by atoms with Gasteiger partial charge in [0, 0.05) is 11.7 Å². The fraction of sp³-hybridized carbons (Fsp3) is 0.500. The van der Waals surface area contributed by atoms with Gasteiger partial charge in [-0.3, -0.25) is 0 Å². The first-order chi connectivity index (χ1) is 7.40. The van der Waals surface area contributed by atoms with E-state index in [1.807, 2.05) is 13.8 Å². The van der Waals surface area contributed by atoms with E-state index in [4.69, 9.17) is 0 Å². The highest BCUT2D eigenvalue weighted by Gasteiger charge is 2.27. The summed E-state index contributed by atoms with van der Waals surface area (Å²) in [5.74, 6) is 0. The Morgan fingerprint density at radius 2 is 2.00 bits per heavy atom. The van der Waals surface area contributed by atoms with Crippen molar-refractivity contribution < 1.29 is 13.2 Å². The third-order valence-corrected chi connectivity index (χ3v) is 2.36. The molecule has 1 nitrogen and oxygen atoms in total. The number of anilines is 1. The summed E-state index contributed by atoms with van der Waals surface area (Å²) in [6.45, 7) is 4.02. The number of hydrogen-bond acceptors (Lipinski definition) is 1. The van der Waals surface area contributed by atoms with E-state index in [2.05, 4.69) is 5.32 Å². The molecule has 1 rings (SSSR count). The Morgan fingerprint density at radius 3 is 2.56 bits per heavy atom. The average Bonchev–Trinajstić information content (AvgIpc) is 2.15. The van der Waals surface area contributed by atoms with Gasteiger partial charge in [-0.05, 0) is 31.0 Å². The number of rotatable bonds is 4. The molecule has 1 N–H and O–H groups in total. The molecule has 0 saturated heterocycles. The van der Waals surface area contributed by atoms with Crippen molar-refractivity contribution in [3.05, 3.63) is 29.8 Å². The van der Waals surface area contributed by atoms with Crippen LogP contribution in [-0.4, -0.2) is 12.2 Å². The normalized spacial score (nSPS) is 13.6. The molecule has 4 heteroatoms. The first kappa shape index (κ1) is 12.9. The molecule has 0 spiro atoms. The van der Waals surface area contributed by atoms with E-state index in [9.17, 15) is 13.2 Å². The summed E-state index contributed by atoms with van der Waals surface area (Å²) in [5.41, 5.74) is 1.04. The SMILES string of the molecule is CCC(C)Nc1cccc(CC(F)(F)F)c1. The molecule has 0 fully saturated rings. The van der Waals surface area contributed by atoms with Gasteiger partial charge in [-0.1, -0.05) is 19.1 Å². The van der Waals surface area contributed by atoms with Crippen LogP contribution in [0.3, 0.4) is 0 Å². The minimum absolute atomic E-state index is 0.265. The van der Waals surface area contributed by atoms with Crippen molar-refractivity contribution in [2.75, 3.05) is 5.32 Å². The van der Waals surface area contributed by atoms with E-state index in [1.54, 1.807) is 18.2 Å². The molecule has 1 unspecified atom stereocenters. The van der Waals surface area contributed by atoms with E-state index in [1.165, 1.54) is 6.07 Å². The molecule has 0 heterocycles. The van der Waals surface area contributed by atoms with Crippen LogP contribution in [0.5, 0.6) is 0 Å². The monoisotopic (exact) mass is 231 g/mol. The molecule has 16 heavy (non-hydrogen) atoms. The topological polar surface area (TPSA) is 12.0 Å². The molecular formula is C12H16F3N. The summed E-state index contributed by atoms with van der Waals surface area (Å²) in [7, 11) is 0. The highest BCUT2D eigenvalue weighted by Crippen LogP contribution is 2.23. The third-order valence-electron chi connectivity index (χ3n) is 2.36. The maximum Gasteiger partial charge on any atom is 0.393 e. The second kappa shape index (κ2) is 5.23. The lowest BCUT2D eigenvalue weighted by Crippen LogP contribution is -2.14. The van der Waals surface area contributed by atoms with E-state index < -0.39 is 12.6 Å². The highest BCUT2D eigenvalue weighted by molar-refractivity contribution is 5.46. The molecule has 0 aliphatic heterocycles. The van der Waals surface area contributed by atoms with Crippen LogP contribution in [0.1, 0.15) is 25.8 Å². The fourth-order valence-corrected chi connectivity index (χ4v) is 1.39. The zero-order chi connectivity index (χ0) is 12.2. The van der Waals surface area contributed by atoms with Crippen molar-refractivity contribution in [3.63, 3.8) is 0 Å². The molecule has 0 aliphatic rings. The highest BCUT2D eigenvalue weighted by atomic mass is 19.4. The van der Waals surface area contributed by atoms with Gasteiger partial charge in [0.2, 0.25) is 0 Å². The minimum atomic E-state index is -4.14. The average molecular weight is 231 g/mol. The summed E-state index contributed by atoms with van der Waals surface area (Å²) >= 11 is 0. The molecule has 1 aromatic rings. The summed E-state index contributed by atoms with van der Waals surface area (Å²) in [6, 6.07) is 6.74. The van der Waals surface area contributed by atoms with Crippen LogP contribution in [-0.2, 0) is 6.42 Å². The number of benzene rings is 1. The van der Waals surface area contributed by atoms with Gasteiger partial charge < -0.3 is 5.32 Å². The Balaban J connectivity index is 2.71. The van der Waals surface area contributed by atoms with E-state index in [0.717, 1.165) is 12.1 Å². The fourth-order valence-electron chi connectivity index (χ4n) is 1.39. The zero-order valence-corrected chi connectivity index (χ0v) is 9.43. The van der Waals surface area contributed by atoms with Crippen molar-refractivity contribution in [2.45, 2.75) is 38.9 Å². The van der Waals surface area contributed by atoms with Crippen molar-refractivity contribution >= 4 is 5.69 Å². The maximum atomic E-state index is 12.2. The van der Waals surface area contributed by atoms with Crippen molar-refractivity contribution in [3.8, 4) is 0 Å². The van der Waals surface area contributed by atoms with Crippen LogP contribution in [0.2, 0.25) is 0 Å².